The Bertz CT molecular complexity index is 652. The second-order valence-electron chi connectivity index (χ2n) is 3.49. The average Bonchev–Trinajstić information content (AvgIpc) is 2.30. The molecule has 1 N–H and O–H groups in total. The normalized spacial score (nSPS) is 11.4. The molecule has 0 aliphatic heterocycles. The standard InChI is InChI=1S/C11H6F4N2O2/c12-8-2-1-6(3-7(8)11(13,14)15)19-10-4-9(18)16-5-17-10/h1-5H,(H,16,17,18). The zero-order valence-electron chi connectivity index (χ0n) is 9.16. The molecule has 1 aromatic heterocycles. The van der Waals surface area contributed by atoms with E-state index in [1.54, 1.807) is 0 Å². The molecule has 100 valence electrons. The van der Waals surface area contributed by atoms with Gasteiger partial charge in [0.25, 0.3) is 5.56 Å². The summed E-state index contributed by atoms with van der Waals surface area (Å²) in [7, 11) is 0. The van der Waals surface area contributed by atoms with Crippen LogP contribution >= 0.6 is 0 Å². The van der Waals surface area contributed by atoms with E-state index in [0.29, 0.717) is 12.1 Å². The van der Waals surface area contributed by atoms with E-state index in [2.05, 4.69) is 9.97 Å². The van der Waals surface area contributed by atoms with Gasteiger partial charge in [0.05, 0.1) is 18.0 Å². The van der Waals surface area contributed by atoms with Crippen molar-refractivity contribution >= 4 is 0 Å². The highest BCUT2D eigenvalue weighted by Crippen LogP contribution is 2.34. The molecule has 0 saturated heterocycles. The first-order chi connectivity index (χ1) is 8.86. The Hall–Kier alpha value is -2.38. The Morgan fingerprint density at radius 2 is 1.95 bits per heavy atom. The van der Waals surface area contributed by atoms with Crippen molar-refractivity contribution < 1.29 is 22.3 Å². The summed E-state index contributed by atoms with van der Waals surface area (Å²) in [5, 5.41) is 0. The first-order valence-electron chi connectivity index (χ1n) is 4.95. The van der Waals surface area contributed by atoms with E-state index in [4.69, 9.17) is 4.74 Å². The van der Waals surface area contributed by atoms with E-state index in [0.717, 1.165) is 18.5 Å². The molecule has 0 atom stereocenters. The molecule has 0 fully saturated rings. The van der Waals surface area contributed by atoms with E-state index in [-0.39, 0.29) is 11.6 Å². The van der Waals surface area contributed by atoms with Gasteiger partial charge in [0.15, 0.2) is 0 Å². The third kappa shape index (κ3) is 3.09. The molecule has 0 bridgehead atoms. The monoisotopic (exact) mass is 274 g/mol. The fourth-order valence-electron chi connectivity index (χ4n) is 1.31. The fourth-order valence-corrected chi connectivity index (χ4v) is 1.31. The third-order valence-electron chi connectivity index (χ3n) is 2.12. The number of nitrogens with one attached hydrogen (secondary N) is 1. The zero-order valence-corrected chi connectivity index (χ0v) is 9.16. The molecular weight excluding hydrogens is 268 g/mol. The molecule has 0 unspecified atom stereocenters. The van der Waals surface area contributed by atoms with Crippen LogP contribution in [0.25, 0.3) is 0 Å². The Labute approximate surface area is 103 Å². The summed E-state index contributed by atoms with van der Waals surface area (Å²) in [5.74, 6) is -1.87. The molecule has 1 aromatic carbocycles. The smallest absolute Gasteiger partial charge is 0.419 e. The topological polar surface area (TPSA) is 55.0 Å². The number of nitrogens with zero attached hydrogens (tertiary/aromatic N) is 1. The van der Waals surface area contributed by atoms with Gasteiger partial charge in [-0.05, 0) is 18.2 Å². The van der Waals surface area contributed by atoms with Crippen LogP contribution in [0.15, 0.2) is 35.4 Å². The van der Waals surface area contributed by atoms with Gasteiger partial charge in [0.2, 0.25) is 5.88 Å². The van der Waals surface area contributed by atoms with Crippen LogP contribution in [0.3, 0.4) is 0 Å². The lowest BCUT2D eigenvalue weighted by molar-refractivity contribution is -0.140. The number of hydrogen-bond donors (Lipinski definition) is 1. The van der Waals surface area contributed by atoms with Gasteiger partial charge in [-0.3, -0.25) is 4.79 Å². The molecule has 0 amide bonds. The first kappa shape index (κ1) is 13.1. The number of ether oxygens (including phenoxy) is 1. The maximum atomic E-state index is 13.0. The van der Waals surface area contributed by atoms with Crippen molar-refractivity contribution in [1.82, 2.24) is 9.97 Å². The number of aromatic nitrogens is 2. The maximum absolute atomic E-state index is 13.0. The summed E-state index contributed by atoms with van der Waals surface area (Å²) in [5.41, 5.74) is -1.97. The number of rotatable bonds is 2. The second kappa shape index (κ2) is 4.71. The third-order valence-corrected chi connectivity index (χ3v) is 2.12. The predicted molar refractivity (Wildman–Crippen MR) is 56.3 cm³/mol. The van der Waals surface area contributed by atoms with Crippen LogP contribution < -0.4 is 10.3 Å². The van der Waals surface area contributed by atoms with Crippen LogP contribution in [0.2, 0.25) is 0 Å². The summed E-state index contributed by atoms with van der Waals surface area (Å²) in [6, 6.07) is 3.09. The van der Waals surface area contributed by atoms with Crippen molar-refractivity contribution in [3.05, 3.63) is 52.3 Å². The van der Waals surface area contributed by atoms with Crippen molar-refractivity contribution in [3.63, 3.8) is 0 Å². The number of benzene rings is 1. The highest BCUT2D eigenvalue weighted by Gasteiger charge is 2.34. The van der Waals surface area contributed by atoms with E-state index in [9.17, 15) is 22.4 Å². The lowest BCUT2D eigenvalue weighted by Gasteiger charge is -2.10. The van der Waals surface area contributed by atoms with E-state index in [1.165, 1.54) is 0 Å². The average molecular weight is 274 g/mol. The molecule has 0 aliphatic rings. The summed E-state index contributed by atoms with van der Waals surface area (Å²) >= 11 is 0. The SMILES string of the molecule is O=c1cc(Oc2ccc(F)c(C(F)(F)F)c2)nc[nH]1. The van der Waals surface area contributed by atoms with Crippen molar-refractivity contribution in [2.45, 2.75) is 6.18 Å². The summed E-state index contributed by atoms with van der Waals surface area (Å²) in [6.45, 7) is 0. The number of aromatic amines is 1. The van der Waals surface area contributed by atoms with Crippen LogP contribution in [0, 0.1) is 5.82 Å². The molecule has 2 rings (SSSR count). The van der Waals surface area contributed by atoms with Crippen LogP contribution in [0.1, 0.15) is 5.56 Å². The molecular formula is C11H6F4N2O2. The fraction of sp³-hybridized carbons (Fsp3) is 0.0909. The number of halogens is 4. The van der Waals surface area contributed by atoms with Gasteiger partial charge in [0, 0.05) is 0 Å². The van der Waals surface area contributed by atoms with Crippen LogP contribution in [-0.2, 0) is 6.18 Å². The Kier molecular flexibility index (Phi) is 3.24. The Morgan fingerprint density at radius 1 is 1.21 bits per heavy atom. The van der Waals surface area contributed by atoms with Gasteiger partial charge in [0.1, 0.15) is 11.6 Å². The van der Waals surface area contributed by atoms with Crippen molar-refractivity contribution in [2.75, 3.05) is 0 Å². The van der Waals surface area contributed by atoms with Gasteiger partial charge in [-0.15, -0.1) is 0 Å². The minimum absolute atomic E-state index is 0.191. The lowest BCUT2D eigenvalue weighted by Crippen LogP contribution is -2.08. The summed E-state index contributed by atoms with van der Waals surface area (Å²) in [6.07, 6.45) is -3.79. The van der Waals surface area contributed by atoms with Crippen molar-refractivity contribution in [2.24, 2.45) is 0 Å². The predicted octanol–water partition coefficient (Wildman–Crippen LogP) is 2.72. The number of alkyl halides is 3. The van der Waals surface area contributed by atoms with E-state index in [1.807, 2.05) is 0 Å². The molecule has 8 heteroatoms. The minimum atomic E-state index is -4.83. The molecule has 0 radical (unpaired) electrons. The van der Waals surface area contributed by atoms with Gasteiger partial charge in [-0.25, -0.2) is 9.37 Å². The van der Waals surface area contributed by atoms with Gasteiger partial charge >= 0.3 is 6.18 Å². The first-order valence-corrected chi connectivity index (χ1v) is 4.95. The maximum Gasteiger partial charge on any atom is 0.419 e. The largest absolute Gasteiger partial charge is 0.439 e. The second-order valence-corrected chi connectivity index (χ2v) is 3.49. The molecule has 4 nitrogen and oxygen atoms in total. The van der Waals surface area contributed by atoms with Crippen LogP contribution in [0.5, 0.6) is 11.6 Å². The quantitative estimate of drug-likeness (QED) is 0.857. The number of hydrogen-bond acceptors (Lipinski definition) is 3. The Morgan fingerprint density at radius 3 is 2.58 bits per heavy atom. The summed E-state index contributed by atoms with van der Waals surface area (Å²) in [4.78, 5) is 16.8. The molecule has 0 aliphatic carbocycles. The van der Waals surface area contributed by atoms with Crippen LogP contribution in [-0.4, -0.2) is 9.97 Å². The highest BCUT2D eigenvalue weighted by atomic mass is 19.4. The van der Waals surface area contributed by atoms with Crippen molar-refractivity contribution in [1.29, 1.82) is 0 Å². The summed E-state index contributed by atoms with van der Waals surface area (Å²) < 4.78 is 55.4. The number of H-pyrrole nitrogens is 1. The molecule has 0 saturated carbocycles. The van der Waals surface area contributed by atoms with Crippen molar-refractivity contribution in [3.8, 4) is 11.6 Å². The molecule has 0 spiro atoms. The van der Waals surface area contributed by atoms with E-state index >= 15 is 0 Å². The van der Waals surface area contributed by atoms with E-state index < -0.39 is 23.1 Å². The lowest BCUT2D eigenvalue weighted by atomic mass is 10.2. The zero-order chi connectivity index (χ0) is 14.0. The highest BCUT2D eigenvalue weighted by molar-refractivity contribution is 5.33. The Balaban J connectivity index is 2.34. The molecule has 2 aromatic rings. The molecule has 19 heavy (non-hydrogen) atoms. The molecule has 1 heterocycles. The van der Waals surface area contributed by atoms with Gasteiger partial charge in [-0.2, -0.15) is 13.2 Å². The van der Waals surface area contributed by atoms with Gasteiger partial charge < -0.3 is 9.72 Å². The minimum Gasteiger partial charge on any atom is -0.439 e. The van der Waals surface area contributed by atoms with Crippen LogP contribution in [0.4, 0.5) is 17.6 Å². The van der Waals surface area contributed by atoms with Gasteiger partial charge in [-0.1, -0.05) is 0 Å².